The van der Waals surface area contributed by atoms with E-state index in [-0.39, 0.29) is 5.91 Å². The van der Waals surface area contributed by atoms with Crippen molar-refractivity contribution in [2.45, 2.75) is 45.6 Å². The summed E-state index contributed by atoms with van der Waals surface area (Å²) in [4.78, 5) is 17.5. The minimum Gasteiger partial charge on any atom is -0.494 e. The lowest BCUT2D eigenvalue weighted by Crippen LogP contribution is -2.28. The second kappa shape index (κ2) is 13.1. The SMILES string of the molecule is CC(C)c1ccc(OCCCn2c(CCNC(=O)Cc3ccc(-c4ccccc4)cc3)nc3ccccc32)cc1. The zero-order chi connectivity index (χ0) is 27.7. The molecule has 0 atom stereocenters. The Morgan fingerprint density at radius 2 is 1.55 bits per heavy atom. The van der Waals surface area contributed by atoms with Gasteiger partial charge in [0.15, 0.2) is 0 Å². The second-order valence-corrected chi connectivity index (χ2v) is 10.4. The monoisotopic (exact) mass is 531 g/mol. The molecule has 0 saturated carbocycles. The van der Waals surface area contributed by atoms with Gasteiger partial charge in [0.05, 0.1) is 24.1 Å². The van der Waals surface area contributed by atoms with Gasteiger partial charge in [0, 0.05) is 19.5 Å². The quantitative estimate of drug-likeness (QED) is 0.173. The highest BCUT2D eigenvalue weighted by atomic mass is 16.5. The molecule has 5 aromatic rings. The number of hydrogen-bond acceptors (Lipinski definition) is 3. The Balaban J connectivity index is 1.13. The zero-order valence-corrected chi connectivity index (χ0v) is 23.3. The Morgan fingerprint density at radius 1 is 0.850 bits per heavy atom. The predicted molar refractivity (Wildman–Crippen MR) is 163 cm³/mol. The maximum Gasteiger partial charge on any atom is 0.224 e. The molecule has 1 heterocycles. The number of para-hydroxylation sites is 2. The van der Waals surface area contributed by atoms with Crippen LogP contribution in [0.2, 0.25) is 0 Å². The van der Waals surface area contributed by atoms with Gasteiger partial charge in [-0.3, -0.25) is 4.79 Å². The Kier molecular flexibility index (Phi) is 8.92. The van der Waals surface area contributed by atoms with Crippen molar-refractivity contribution in [3.8, 4) is 16.9 Å². The largest absolute Gasteiger partial charge is 0.494 e. The molecule has 0 fully saturated rings. The van der Waals surface area contributed by atoms with Crippen molar-refractivity contribution in [1.82, 2.24) is 14.9 Å². The highest BCUT2D eigenvalue weighted by Crippen LogP contribution is 2.21. The molecule has 5 nitrogen and oxygen atoms in total. The molecule has 0 aliphatic heterocycles. The van der Waals surface area contributed by atoms with Crippen LogP contribution in [0.3, 0.4) is 0 Å². The molecule has 0 radical (unpaired) electrons. The summed E-state index contributed by atoms with van der Waals surface area (Å²) in [5, 5.41) is 3.08. The zero-order valence-electron chi connectivity index (χ0n) is 23.3. The number of rotatable bonds is 12. The first-order valence-corrected chi connectivity index (χ1v) is 14.1. The number of aryl methyl sites for hydroxylation is 1. The number of carbonyl (C=O) groups is 1. The molecule has 0 unspecified atom stereocenters. The molecule has 0 aliphatic rings. The number of amides is 1. The molecule has 1 aromatic heterocycles. The fourth-order valence-electron chi connectivity index (χ4n) is 4.93. The lowest BCUT2D eigenvalue weighted by atomic mass is 10.0. The van der Waals surface area contributed by atoms with Crippen molar-refractivity contribution in [2.24, 2.45) is 0 Å². The normalized spacial score (nSPS) is 11.2. The van der Waals surface area contributed by atoms with Crippen LogP contribution < -0.4 is 10.1 Å². The molecular formula is C35H37N3O2. The number of carbonyl (C=O) groups excluding carboxylic acids is 1. The summed E-state index contributed by atoms with van der Waals surface area (Å²) in [5.74, 6) is 2.41. The van der Waals surface area contributed by atoms with Crippen LogP contribution in [0.1, 0.15) is 43.1 Å². The molecule has 5 heteroatoms. The van der Waals surface area contributed by atoms with Crippen molar-refractivity contribution in [2.75, 3.05) is 13.2 Å². The van der Waals surface area contributed by atoms with Crippen LogP contribution in [0, 0.1) is 0 Å². The maximum atomic E-state index is 12.7. The van der Waals surface area contributed by atoms with Gasteiger partial charge in [0.1, 0.15) is 11.6 Å². The summed E-state index contributed by atoms with van der Waals surface area (Å²) >= 11 is 0. The van der Waals surface area contributed by atoms with Gasteiger partial charge in [-0.15, -0.1) is 0 Å². The average molecular weight is 532 g/mol. The maximum absolute atomic E-state index is 12.7. The van der Waals surface area contributed by atoms with Gasteiger partial charge in [-0.2, -0.15) is 0 Å². The standard InChI is InChI=1S/C35H37N3O2/c1-26(2)28-17-19-31(20-18-28)40-24-8-23-38-33-12-7-6-11-32(33)37-34(38)21-22-36-35(39)25-27-13-15-30(16-14-27)29-9-4-3-5-10-29/h3-7,9-20,26H,8,21-25H2,1-2H3,(H,36,39). The van der Waals surface area contributed by atoms with E-state index in [0.29, 0.717) is 31.9 Å². The molecule has 0 bridgehead atoms. The number of hydrogen-bond donors (Lipinski definition) is 1. The molecule has 4 aromatic carbocycles. The highest BCUT2D eigenvalue weighted by Gasteiger charge is 2.11. The van der Waals surface area contributed by atoms with Gasteiger partial charge >= 0.3 is 0 Å². The third-order valence-corrected chi connectivity index (χ3v) is 7.17. The molecular weight excluding hydrogens is 494 g/mol. The smallest absolute Gasteiger partial charge is 0.224 e. The van der Waals surface area contributed by atoms with E-state index in [9.17, 15) is 4.79 Å². The minimum absolute atomic E-state index is 0.0204. The molecule has 1 N–H and O–H groups in total. The summed E-state index contributed by atoms with van der Waals surface area (Å²) in [6.07, 6.45) is 1.90. The molecule has 40 heavy (non-hydrogen) atoms. The minimum atomic E-state index is 0.0204. The lowest BCUT2D eigenvalue weighted by molar-refractivity contribution is -0.120. The summed E-state index contributed by atoms with van der Waals surface area (Å²) in [6, 6.07) is 35.0. The summed E-state index contributed by atoms with van der Waals surface area (Å²) < 4.78 is 8.26. The molecule has 0 saturated heterocycles. The fraction of sp³-hybridized carbons (Fsp3) is 0.257. The predicted octanol–water partition coefficient (Wildman–Crippen LogP) is 7.20. The van der Waals surface area contributed by atoms with E-state index in [2.05, 4.69) is 66.2 Å². The van der Waals surface area contributed by atoms with Gasteiger partial charge in [0.2, 0.25) is 5.91 Å². The van der Waals surface area contributed by atoms with Crippen LogP contribution in [0.5, 0.6) is 5.75 Å². The van der Waals surface area contributed by atoms with E-state index in [4.69, 9.17) is 9.72 Å². The van der Waals surface area contributed by atoms with Crippen molar-refractivity contribution < 1.29 is 9.53 Å². The van der Waals surface area contributed by atoms with E-state index < -0.39 is 0 Å². The number of fused-ring (bicyclic) bond motifs is 1. The Morgan fingerprint density at radius 3 is 2.30 bits per heavy atom. The van der Waals surface area contributed by atoms with Crippen molar-refractivity contribution >= 4 is 16.9 Å². The summed E-state index contributed by atoms with van der Waals surface area (Å²) in [5.41, 5.74) is 6.74. The number of nitrogens with zero attached hydrogens (tertiary/aromatic N) is 2. The van der Waals surface area contributed by atoms with Gasteiger partial charge in [-0.05, 0) is 58.9 Å². The molecule has 1 amide bonds. The van der Waals surface area contributed by atoms with E-state index in [1.807, 2.05) is 60.7 Å². The van der Waals surface area contributed by atoms with Crippen LogP contribution in [0.25, 0.3) is 22.2 Å². The van der Waals surface area contributed by atoms with Crippen LogP contribution in [0.15, 0.2) is 103 Å². The van der Waals surface area contributed by atoms with Crippen LogP contribution >= 0.6 is 0 Å². The van der Waals surface area contributed by atoms with E-state index >= 15 is 0 Å². The number of ether oxygens (including phenoxy) is 1. The molecule has 204 valence electrons. The van der Waals surface area contributed by atoms with Crippen LogP contribution in [-0.2, 0) is 24.2 Å². The third-order valence-electron chi connectivity index (χ3n) is 7.17. The first-order chi connectivity index (χ1) is 19.6. The number of benzene rings is 4. The Hall–Kier alpha value is -4.38. The number of aromatic nitrogens is 2. The molecule has 0 spiro atoms. The first-order valence-electron chi connectivity index (χ1n) is 14.1. The van der Waals surface area contributed by atoms with Gasteiger partial charge < -0.3 is 14.6 Å². The second-order valence-electron chi connectivity index (χ2n) is 10.4. The van der Waals surface area contributed by atoms with Crippen molar-refractivity contribution in [3.05, 3.63) is 120 Å². The van der Waals surface area contributed by atoms with Gasteiger partial charge in [-0.25, -0.2) is 4.98 Å². The van der Waals surface area contributed by atoms with Crippen LogP contribution in [0.4, 0.5) is 0 Å². The third kappa shape index (κ3) is 6.97. The Labute approximate surface area is 236 Å². The first kappa shape index (κ1) is 27.2. The fourth-order valence-corrected chi connectivity index (χ4v) is 4.93. The van der Waals surface area contributed by atoms with E-state index in [0.717, 1.165) is 46.7 Å². The van der Waals surface area contributed by atoms with Crippen LogP contribution in [-0.4, -0.2) is 28.6 Å². The van der Waals surface area contributed by atoms with E-state index in [1.54, 1.807) is 0 Å². The topological polar surface area (TPSA) is 56.1 Å². The van der Waals surface area contributed by atoms with Crippen molar-refractivity contribution in [3.63, 3.8) is 0 Å². The summed E-state index contributed by atoms with van der Waals surface area (Å²) in [6.45, 7) is 6.37. The van der Waals surface area contributed by atoms with Crippen molar-refractivity contribution in [1.29, 1.82) is 0 Å². The van der Waals surface area contributed by atoms with Gasteiger partial charge in [0.25, 0.3) is 0 Å². The lowest BCUT2D eigenvalue weighted by Gasteiger charge is -2.12. The highest BCUT2D eigenvalue weighted by molar-refractivity contribution is 5.79. The number of nitrogens with one attached hydrogen (secondary N) is 1. The summed E-state index contributed by atoms with van der Waals surface area (Å²) in [7, 11) is 0. The van der Waals surface area contributed by atoms with E-state index in [1.165, 1.54) is 11.1 Å². The average Bonchev–Trinajstić information content (AvgIpc) is 3.33. The Bertz CT molecular complexity index is 1520. The molecule has 5 rings (SSSR count). The number of imidazole rings is 1. The molecule has 0 aliphatic carbocycles. The van der Waals surface area contributed by atoms with Gasteiger partial charge in [-0.1, -0.05) is 92.7 Å².